The normalized spacial score (nSPS) is 20.5. The van der Waals surface area contributed by atoms with Crippen LogP contribution in [-0.2, 0) is 12.1 Å². The van der Waals surface area contributed by atoms with Crippen LogP contribution in [0.25, 0.3) is 0 Å². The molecule has 26 heavy (non-hydrogen) atoms. The van der Waals surface area contributed by atoms with Crippen LogP contribution in [0.15, 0.2) is 30.5 Å². The monoisotopic (exact) mass is 353 g/mol. The van der Waals surface area contributed by atoms with Gasteiger partial charge >= 0.3 is 0 Å². The summed E-state index contributed by atoms with van der Waals surface area (Å²) in [5, 5.41) is 21.7. The second-order valence-electron chi connectivity index (χ2n) is 7.61. The van der Waals surface area contributed by atoms with Gasteiger partial charge < -0.3 is 5.32 Å². The molecule has 0 bridgehead atoms. The van der Waals surface area contributed by atoms with Gasteiger partial charge in [0.05, 0.1) is 24.0 Å². The molecule has 2 aliphatic rings. The number of halogens is 1. The molecule has 1 heterocycles. The molecule has 1 atom stereocenters. The van der Waals surface area contributed by atoms with E-state index in [4.69, 9.17) is 0 Å². The first kappa shape index (κ1) is 17.2. The molecule has 2 fully saturated rings. The highest BCUT2D eigenvalue weighted by molar-refractivity contribution is 5.18. The molecule has 0 radical (unpaired) electrons. The molecule has 0 aliphatic heterocycles. The number of aromatic nitrogens is 3. The van der Waals surface area contributed by atoms with Crippen molar-refractivity contribution in [3.63, 3.8) is 0 Å². The molecule has 6 heteroatoms. The van der Waals surface area contributed by atoms with Crippen molar-refractivity contribution in [1.82, 2.24) is 20.3 Å². The number of rotatable bonds is 6. The predicted octanol–water partition coefficient (Wildman–Crippen LogP) is 3.84. The fourth-order valence-corrected chi connectivity index (χ4v) is 3.95. The van der Waals surface area contributed by atoms with E-state index in [-0.39, 0.29) is 11.9 Å². The zero-order valence-corrected chi connectivity index (χ0v) is 14.9. The molecule has 1 aromatic carbocycles. The van der Waals surface area contributed by atoms with Gasteiger partial charge in [0.15, 0.2) is 5.54 Å². The Morgan fingerprint density at radius 3 is 2.62 bits per heavy atom. The first-order chi connectivity index (χ1) is 12.7. The van der Waals surface area contributed by atoms with Crippen molar-refractivity contribution < 1.29 is 4.39 Å². The second kappa shape index (κ2) is 7.16. The molecule has 2 saturated carbocycles. The fourth-order valence-electron chi connectivity index (χ4n) is 3.95. The highest BCUT2D eigenvalue weighted by Gasteiger charge is 2.47. The molecule has 4 rings (SSSR count). The van der Waals surface area contributed by atoms with Crippen molar-refractivity contribution in [1.29, 1.82) is 5.26 Å². The number of nitrogens with zero attached hydrogens (tertiary/aromatic N) is 4. The third-order valence-corrected chi connectivity index (χ3v) is 5.76. The molecule has 2 aromatic rings. The quantitative estimate of drug-likeness (QED) is 0.857. The Bertz CT molecular complexity index is 781. The van der Waals surface area contributed by atoms with Crippen LogP contribution >= 0.6 is 0 Å². The molecular weight excluding hydrogens is 329 g/mol. The Balaban J connectivity index is 1.52. The Labute approximate surface area is 153 Å². The molecule has 136 valence electrons. The van der Waals surface area contributed by atoms with Crippen molar-refractivity contribution in [2.24, 2.45) is 5.92 Å². The molecule has 0 amide bonds. The van der Waals surface area contributed by atoms with Gasteiger partial charge in [0.1, 0.15) is 5.82 Å². The third kappa shape index (κ3) is 3.49. The lowest BCUT2D eigenvalue weighted by Crippen LogP contribution is -2.30. The van der Waals surface area contributed by atoms with Gasteiger partial charge in [-0.15, -0.1) is 5.10 Å². The Hall–Kier alpha value is -2.26. The van der Waals surface area contributed by atoms with Gasteiger partial charge in [0, 0.05) is 6.54 Å². The van der Waals surface area contributed by atoms with Gasteiger partial charge in [-0.2, -0.15) is 5.26 Å². The lowest BCUT2D eigenvalue weighted by atomic mass is 9.82. The average molecular weight is 353 g/mol. The van der Waals surface area contributed by atoms with Crippen LogP contribution < -0.4 is 5.32 Å². The summed E-state index contributed by atoms with van der Waals surface area (Å²) in [6.45, 7) is 0.664. The lowest BCUT2D eigenvalue weighted by Gasteiger charge is -2.30. The van der Waals surface area contributed by atoms with E-state index < -0.39 is 5.54 Å². The minimum absolute atomic E-state index is 0.114. The van der Waals surface area contributed by atoms with E-state index in [1.165, 1.54) is 44.2 Å². The standard InChI is InChI=1S/C20H24FN5/c21-17-8-6-15(7-9-17)12-23-19(16-4-2-1-3-5-16)18-13-26(25-24-18)20(14-22)10-11-20/h6-9,13,16,19,23H,1-5,10-12H2/t19-/m0/s1. The number of benzene rings is 1. The van der Waals surface area contributed by atoms with Crippen molar-refractivity contribution in [3.8, 4) is 6.07 Å². The number of nitriles is 1. The summed E-state index contributed by atoms with van der Waals surface area (Å²) in [5.74, 6) is 0.304. The van der Waals surface area contributed by atoms with E-state index in [9.17, 15) is 9.65 Å². The third-order valence-electron chi connectivity index (χ3n) is 5.76. The molecule has 2 aliphatic carbocycles. The van der Waals surface area contributed by atoms with Crippen LogP contribution in [0.1, 0.15) is 62.2 Å². The highest BCUT2D eigenvalue weighted by atomic mass is 19.1. The van der Waals surface area contributed by atoms with Gasteiger partial charge in [0.25, 0.3) is 0 Å². The number of nitrogens with one attached hydrogen (secondary N) is 1. The number of hydrogen-bond acceptors (Lipinski definition) is 4. The van der Waals surface area contributed by atoms with E-state index in [2.05, 4.69) is 21.7 Å². The largest absolute Gasteiger partial charge is 0.304 e. The second-order valence-corrected chi connectivity index (χ2v) is 7.61. The maximum atomic E-state index is 13.1. The highest BCUT2D eigenvalue weighted by Crippen LogP contribution is 2.42. The SMILES string of the molecule is N#CC1(n2cc([C@@H](NCc3ccc(F)cc3)C3CCCCC3)nn2)CC1. The molecular formula is C20H24FN5. The van der Waals surface area contributed by atoms with E-state index in [1.807, 2.05) is 18.3 Å². The summed E-state index contributed by atoms with van der Waals surface area (Å²) in [5.41, 5.74) is 1.50. The first-order valence-corrected chi connectivity index (χ1v) is 9.52. The molecule has 5 nitrogen and oxygen atoms in total. The summed E-state index contributed by atoms with van der Waals surface area (Å²) < 4.78 is 14.9. The predicted molar refractivity (Wildman–Crippen MR) is 95.4 cm³/mol. The fraction of sp³-hybridized carbons (Fsp3) is 0.550. The summed E-state index contributed by atoms with van der Waals surface area (Å²) in [7, 11) is 0. The molecule has 1 aromatic heterocycles. The van der Waals surface area contributed by atoms with E-state index in [0.29, 0.717) is 12.5 Å². The van der Waals surface area contributed by atoms with Crippen molar-refractivity contribution in [2.75, 3.05) is 0 Å². The van der Waals surface area contributed by atoms with E-state index >= 15 is 0 Å². The minimum atomic E-state index is -0.473. The van der Waals surface area contributed by atoms with Gasteiger partial charge in [0.2, 0.25) is 0 Å². The van der Waals surface area contributed by atoms with Crippen molar-refractivity contribution in [3.05, 3.63) is 47.5 Å². The maximum Gasteiger partial charge on any atom is 0.150 e. The van der Waals surface area contributed by atoms with Crippen LogP contribution in [0.2, 0.25) is 0 Å². The van der Waals surface area contributed by atoms with Crippen LogP contribution in [0.3, 0.4) is 0 Å². The Morgan fingerprint density at radius 1 is 1.23 bits per heavy atom. The Kier molecular flexibility index (Phi) is 4.73. The van der Waals surface area contributed by atoms with Crippen LogP contribution in [0, 0.1) is 23.1 Å². The van der Waals surface area contributed by atoms with Crippen LogP contribution in [0.4, 0.5) is 4.39 Å². The zero-order valence-electron chi connectivity index (χ0n) is 14.9. The van der Waals surface area contributed by atoms with Gasteiger partial charge in [-0.05, 0) is 49.3 Å². The van der Waals surface area contributed by atoms with Crippen molar-refractivity contribution in [2.45, 2.75) is 63.1 Å². The number of hydrogen-bond donors (Lipinski definition) is 1. The van der Waals surface area contributed by atoms with Crippen LogP contribution in [0.5, 0.6) is 0 Å². The smallest absolute Gasteiger partial charge is 0.150 e. The molecule has 0 spiro atoms. The Morgan fingerprint density at radius 2 is 1.96 bits per heavy atom. The molecule has 0 unspecified atom stereocenters. The maximum absolute atomic E-state index is 13.1. The van der Waals surface area contributed by atoms with Gasteiger partial charge in [-0.1, -0.05) is 36.6 Å². The van der Waals surface area contributed by atoms with Gasteiger partial charge in [-0.25, -0.2) is 9.07 Å². The lowest BCUT2D eigenvalue weighted by molar-refractivity contribution is 0.266. The molecule has 1 N–H and O–H groups in total. The van der Waals surface area contributed by atoms with Crippen LogP contribution in [-0.4, -0.2) is 15.0 Å². The van der Waals surface area contributed by atoms with Crippen molar-refractivity contribution >= 4 is 0 Å². The summed E-state index contributed by atoms with van der Waals surface area (Å²) >= 11 is 0. The first-order valence-electron chi connectivity index (χ1n) is 9.52. The molecule has 0 saturated heterocycles. The summed E-state index contributed by atoms with van der Waals surface area (Å²) in [4.78, 5) is 0. The minimum Gasteiger partial charge on any atom is -0.304 e. The van der Waals surface area contributed by atoms with Gasteiger partial charge in [-0.3, -0.25) is 0 Å². The van der Waals surface area contributed by atoms with E-state index in [1.54, 1.807) is 4.68 Å². The summed E-state index contributed by atoms with van der Waals surface area (Å²) in [6, 6.07) is 9.09. The topological polar surface area (TPSA) is 66.5 Å². The average Bonchev–Trinajstić information content (AvgIpc) is 3.34. The zero-order chi connectivity index (χ0) is 18.0. The summed E-state index contributed by atoms with van der Waals surface area (Å²) in [6.07, 6.45) is 9.80. The van der Waals surface area contributed by atoms with E-state index in [0.717, 1.165) is 24.1 Å².